The van der Waals surface area contributed by atoms with Crippen molar-refractivity contribution >= 4 is 54.2 Å². The van der Waals surface area contributed by atoms with Crippen LogP contribution in [0.5, 0.6) is 5.75 Å². The molecule has 0 spiro atoms. The van der Waals surface area contributed by atoms with Crippen molar-refractivity contribution in [1.29, 1.82) is 0 Å². The maximum Gasteiger partial charge on any atom is 0.267 e. The van der Waals surface area contributed by atoms with E-state index >= 15 is 0 Å². The van der Waals surface area contributed by atoms with Crippen molar-refractivity contribution in [3.63, 3.8) is 0 Å². The van der Waals surface area contributed by atoms with Gasteiger partial charge in [0.2, 0.25) is 5.95 Å². The fraction of sp³-hybridized carbons (Fsp3) is 0.306. The second-order valence-corrected chi connectivity index (χ2v) is 17.8. The fourth-order valence-corrected chi connectivity index (χ4v) is 9.42. The molecule has 0 unspecified atom stereocenters. The van der Waals surface area contributed by atoms with Crippen LogP contribution in [0.25, 0.3) is 21.8 Å². The molecule has 1 aliphatic rings. The largest absolute Gasteiger partial charge is 0.494 e. The smallest absolute Gasteiger partial charge is 0.267 e. The molecule has 0 amide bonds. The van der Waals surface area contributed by atoms with E-state index in [4.69, 9.17) is 14.7 Å². The number of nitrogens with zero attached hydrogens (tertiary/aromatic N) is 4. The van der Waals surface area contributed by atoms with Crippen LogP contribution in [0, 0.1) is 18.6 Å². The van der Waals surface area contributed by atoms with E-state index < -0.39 is 36.4 Å². The molecule has 5 aromatic rings. The van der Waals surface area contributed by atoms with Gasteiger partial charge in [-0.1, -0.05) is 32.0 Å². The minimum Gasteiger partial charge on any atom is -0.494 e. The van der Waals surface area contributed by atoms with Crippen molar-refractivity contribution in [1.82, 2.24) is 15.0 Å². The monoisotopic (exact) mass is 768 g/mol. The van der Waals surface area contributed by atoms with E-state index in [2.05, 4.69) is 19.9 Å². The molecule has 0 radical (unpaired) electrons. The first-order chi connectivity index (χ1) is 24.6. The summed E-state index contributed by atoms with van der Waals surface area (Å²) in [5.41, 5.74) is 4.35. The van der Waals surface area contributed by atoms with Gasteiger partial charge in [0, 0.05) is 54.5 Å². The van der Waals surface area contributed by atoms with E-state index in [1.165, 1.54) is 23.7 Å². The number of halogens is 2. The molecule has 2 N–H and O–H groups in total. The quantitative estimate of drug-likeness (QED) is 0.138. The van der Waals surface area contributed by atoms with Crippen molar-refractivity contribution in [2.24, 2.45) is 0 Å². The van der Waals surface area contributed by atoms with Gasteiger partial charge in [0.1, 0.15) is 27.2 Å². The normalized spacial score (nSPS) is 14.1. The van der Waals surface area contributed by atoms with Gasteiger partial charge < -0.3 is 15.0 Å². The number of ether oxygens (including phenoxy) is 1. The van der Waals surface area contributed by atoms with Crippen LogP contribution in [0.4, 0.5) is 31.8 Å². The highest BCUT2D eigenvalue weighted by Crippen LogP contribution is 2.40. The molecule has 0 aliphatic carbocycles. The zero-order chi connectivity index (χ0) is 37.4. The van der Waals surface area contributed by atoms with Crippen LogP contribution in [-0.2, 0) is 19.9 Å². The van der Waals surface area contributed by atoms with Crippen molar-refractivity contribution in [3.05, 3.63) is 89.1 Å². The number of rotatable bonds is 11. The Morgan fingerprint density at radius 3 is 2.31 bits per heavy atom. The molecule has 16 heteroatoms. The van der Waals surface area contributed by atoms with Gasteiger partial charge in [-0.3, -0.25) is 4.72 Å². The van der Waals surface area contributed by atoms with Crippen LogP contribution in [0.1, 0.15) is 43.2 Å². The summed E-state index contributed by atoms with van der Waals surface area (Å²) in [5, 5.41) is 3.77. The van der Waals surface area contributed by atoms with E-state index in [1.54, 1.807) is 37.6 Å². The number of piperidine rings is 1. The van der Waals surface area contributed by atoms with Gasteiger partial charge in [-0.15, -0.1) is 11.3 Å². The van der Waals surface area contributed by atoms with E-state index in [0.29, 0.717) is 65.1 Å². The van der Waals surface area contributed by atoms with Crippen molar-refractivity contribution < 1.29 is 30.4 Å². The number of methoxy groups -OCH3 is 1. The molecule has 3 heterocycles. The fourth-order valence-electron chi connectivity index (χ4n) is 6.10. The number of anilines is 4. The van der Waals surface area contributed by atoms with Gasteiger partial charge in [0.25, 0.3) is 10.0 Å². The van der Waals surface area contributed by atoms with Crippen LogP contribution in [0.2, 0.25) is 0 Å². The standard InChI is InChI=1S/C36H38F2N6O5S3/c1-21(2)35-42-32(23-8-6-9-24(19-23)43-52(47,48)34-26(37)10-7-11-27(34)38)33(50-35)28-12-15-39-36(40-28)41-29-18-22(3)30(20-31(29)49-4)44-16-13-25(14-17-44)51(5,45)46/h6-12,15,18-21,25,43H,13-14,16-17H2,1-5H3,(H,39,40,41). The molecule has 1 aliphatic heterocycles. The Hall–Kier alpha value is -4.67. The molecule has 1 saturated heterocycles. The Morgan fingerprint density at radius 1 is 0.962 bits per heavy atom. The number of aryl methyl sites for hydroxylation is 1. The van der Waals surface area contributed by atoms with E-state index in [-0.39, 0.29) is 16.9 Å². The average molecular weight is 769 g/mol. The number of hydrogen-bond donors (Lipinski definition) is 2. The van der Waals surface area contributed by atoms with Crippen molar-refractivity contribution in [2.75, 3.05) is 41.4 Å². The van der Waals surface area contributed by atoms with Crippen LogP contribution < -0.4 is 19.7 Å². The average Bonchev–Trinajstić information content (AvgIpc) is 3.54. The minimum absolute atomic E-state index is 0.0746. The van der Waals surface area contributed by atoms with Gasteiger partial charge in [-0.2, -0.15) is 0 Å². The lowest BCUT2D eigenvalue weighted by atomic mass is 10.1. The van der Waals surface area contributed by atoms with Crippen molar-refractivity contribution in [3.8, 4) is 27.6 Å². The minimum atomic E-state index is -4.59. The molecule has 0 bridgehead atoms. The summed E-state index contributed by atoms with van der Waals surface area (Å²) in [4.78, 5) is 16.0. The van der Waals surface area contributed by atoms with Crippen LogP contribution in [0.15, 0.2) is 71.8 Å². The molecule has 2 aromatic heterocycles. The third-order valence-electron chi connectivity index (χ3n) is 8.75. The molecule has 274 valence electrons. The first kappa shape index (κ1) is 37.1. The highest BCUT2D eigenvalue weighted by molar-refractivity contribution is 7.92. The predicted molar refractivity (Wildman–Crippen MR) is 201 cm³/mol. The molecule has 1 fully saturated rings. The van der Waals surface area contributed by atoms with Gasteiger partial charge in [0.05, 0.1) is 39.3 Å². The Morgan fingerprint density at radius 2 is 1.65 bits per heavy atom. The Kier molecular flexibility index (Phi) is 10.5. The zero-order valence-electron chi connectivity index (χ0n) is 29.1. The SMILES string of the molecule is COc1cc(N2CCC(S(C)(=O)=O)CC2)c(C)cc1Nc1nccc(-c2sc(C(C)C)nc2-c2cccc(NS(=O)(=O)c3c(F)cccc3F)c2)n1. The molecule has 52 heavy (non-hydrogen) atoms. The van der Waals surface area contributed by atoms with Gasteiger partial charge >= 0.3 is 0 Å². The third-order valence-corrected chi connectivity index (χ3v) is 13.2. The molecule has 3 aromatic carbocycles. The van der Waals surface area contributed by atoms with Gasteiger partial charge in [-0.25, -0.2) is 40.6 Å². The number of aromatic nitrogens is 3. The third kappa shape index (κ3) is 7.88. The van der Waals surface area contributed by atoms with E-state index in [9.17, 15) is 25.6 Å². The molecule has 0 saturated carbocycles. The number of thiazole rings is 1. The number of sulfonamides is 1. The van der Waals surface area contributed by atoms with Crippen LogP contribution in [0.3, 0.4) is 0 Å². The van der Waals surface area contributed by atoms with Gasteiger partial charge in [0.15, 0.2) is 4.90 Å². The first-order valence-corrected chi connectivity index (χ1v) is 20.7. The highest BCUT2D eigenvalue weighted by Gasteiger charge is 2.28. The lowest BCUT2D eigenvalue weighted by Gasteiger charge is -2.34. The molecule has 6 rings (SSSR count). The Labute approximate surface area is 306 Å². The summed E-state index contributed by atoms with van der Waals surface area (Å²) in [7, 11) is -6.10. The second-order valence-electron chi connectivity index (χ2n) is 12.9. The topological polar surface area (TPSA) is 143 Å². The summed E-state index contributed by atoms with van der Waals surface area (Å²) in [6.45, 7) is 7.25. The highest BCUT2D eigenvalue weighted by atomic mass is 32.2. The predicted octanol–water partition coefficient (Wildman–Crippen LogP) is 7.54. The number of hydrogen-bond acceptors (Lipinski definition) is 11. The summed E-state index contributed by atoms with van der Waals surface area (Å²) in [6, 6.07) is 14.9. The molecule has 0 atom stereocenters. The maximum absolute atomic E-state index is 14.4. The maximum atomic E-state index is 14.4. The van der Waals surface area contributed by atoms with Crippen LogP contribution in [-0.4, -0.2) is 63.5 Å². The number of sulfone groups is 1. The Balaban J connectivity index is 1.29. The summed E-state index contributed by atoms with van der Waals surface area (Å²) >= 11 is 1.44. The molecular weight excluding hydrogens is 731 g/mol. The summed E-state index contributed by atoms with van der Waals surface area (Å²) in [6.07, 6.45) is 4.04. The van der Waals surface area contributed by atoms with Gasteiger partial charge in [-0.05, 0) is 61.7 Å². The van der Waals surface area contributed by atoms with E-state index in [1.807, 2.05) is 32.9 Å². The number of nitrogens with one attached hydrogen (secondary N) is 2. The van der Waals surface area contributed by atoms with Crippen molar-refractivity contribution in [2.45, 2.75) is 49.7 Å². The zero-order valence-corrected chi connectivity index (χ0v) is 31.6. The first-order valence-electron chi connectivity index (χ1n) is 16.5. The molecular formula is C36H38F2N6O5S3. The Bertz CT molecular complexity index is 2320. The van der Waals surface area contributed by atoms with Crippen LogP contribution >= 0.6 is 11.3 Å². The number of benzene rings is 3. The lowest BCUT2D eigenvalue weighted by Crippen LogP contribution is -2.39. The van der Waals surface area contributed by atoms with E-state index in [0.717, 1.165) is 34.5 Å². The second kappa shape index (κ2) is 14.8. The molecule has 11 nitrogen and oxygen atoms in total. The summed E-state index contributed by atoms with van der Waals surface area (Å²) in [5.74, 6) is -1.46. The summed E-state index contributed by atoms with van der Waals surface area (Å²) < 4.78 is 86.9. The lowest BCUT2D eigenvalue weighted by molar-refractivity contribution is 0.416.